The SMILES string of the molecule is C.C.C.C.CC(C)=C(C)C.CC(C)=C(C)C. The van der Waals surface area contributed by atoms with Crippen molar-refractivity contribution in [1.29, 1.82) is 0 Å². The summed E-state index contributed by atoms with van der Waals surface area (Å²) in [5.74, 6) is 0. The Labute approximate surface area is 108 Å². The molecule has 0 aromatic carbocycles. The van der Waals surface area contributed by atoms with Crippen molar-refractivity contribution in [2.75, 3.05) is 0 Å². The molecule has 16 heavy (non-hydrogen) atoms. The van der Waals surface area contributed by atoms with Gasteiger partial charge in [-0.05, 0) is 55.4 Å². The predicted molar refractivity (Wildman–Crippen MR) is 86.4 cm³/mol. The summed E-state index contributed by atoms with van der Waals surface area (Å²) in [5, 5.41) is 0. The van der Waals surface area contributed by atoms with Crippen molar-refractivity contribution in [1.82, 2.24) is 0 Å². The van der Waals surface area contributed by atoms with Crippen LogP contribution in [0.3, 0.4) is 0 Å². The van der Waals surface area contributed by atoms with Crippen LogP contribution in [0.2, 0.25) is 0 Å². The van der Waals surface area contributed by atoms with Gasteiger partial charge in [0.25, 0.3) is 0 Å². The van der Waals surface area contributed by atoms with E-state index in [1.165, 1.54) is 22.3 Å². The van der Waals surface area contributed by atoms with Crippen molar-refractivity contribution in [2.45, 2.75) is 85.1 Å². The van der Waals surface area contributed by atoms with E-state index in [0.29, 0.717) is 0 Å². The molecule has 0 saturated heterocycles. The van der Waals surface area contributed by atoms with E-state index in [-0.39, 0.29) is 29.7 Å². The summed E-state index contributed by atoms with van der Waals surface area (Å²) in [5.41, 5.74) is 5.70. The topological polar surface area (TPSA) is 0 Å². The summed E-state index contributed by atoms with van der Waals surface area (Å²) >= 11 is 0. The normalized spacial score (nSPS) is 6.00. The van der Waals surface area contributed by atoms with Gasteiger partial charge >= 0.3 is 0 Å². The van der Waals surface area contributed by atoms with Crippen molar-refractivity contribution in [3.63, 3.8) is 0 Å². The van der Waals surface area contributed by atoms with Gasteiger partial charge in [-0.3, -0.25) is 0 Å². The zero-order valence-corrected chi connectivity index (χ0v) is 10.0. The smallest absolute Gasteiger partial charge is 0.0440 e. The Morgan fingerprint density at radius 1 is 0.312 bits per heavy atom. The highest BCUT2D eigenvalue weighted by atomic mass is 13.8. The molecule has 0 aromatic rings. The van der Waals surface area contributed by atoms with E-state index < -0.39 is 0 Å². The first-order chi connectivity index (χ1) is 5.29. The molecule has 0 rings (SSSR count). The molecule has 0 aliphatic carbocycles. The third-order valence-electron chi connectivity index (χ3n) is 2.00. The first kappa shape index (κ1) is 36.1. The van der Waals surface area contributed by atoms with Gasteiger partial charge in [-0.25, -0.2) is 0 Å². The van der Waals surface area contributed by atoms with Crippen molar-refractivity contribution in [3.8, 4) is 0 Å². The average molecular weight is 232 g/mol. The Balaban J connectivity index is -0.0000000250. The Bertz CT molecular complexity index is 122. The molecule has 0 spiro atoms. The first-order valence-corrected chi connectivity index (χ1v) is 4.50. The van der Waals surface area contributed by atoms with Crippen LogP contribution in [-0.2, 0) is 0 Å². The fourth-order valence-electron chi connectivity index (χ4n) is 0. The van der Waals surface area contributed by atoms with Crippen LogP contribution in [-0.4, -0.2) is 0 Å². The highest BCUT2D eigenvalue weighted by Crippen LogP contribution is 1.97. The maximum Gasteiger partial charge on any atom is -0.0440 e. The maximum atomic E-state index is 2.12. The van der Waals surface area contributed by atoms with Crippen LogP contribution < -0.4 is 0 Å². The third kappa shape index (κ3) is 37.5. The molecule has 0 bridgehead atoms. The van der Waals surface area contributed by atoms with Crippen LogP contribution >= 0.6 is 0 Å². The zero-order valence-electron chi connectivity index (χ0n) is 10.0. The van der Waals surface area contributed by atoms with E-state index in [4.69, 9.17) is 0 Å². The number of hydrogen-bond donors (Lipinski definition) is 0. The molecule has 0 unspecified atom stereocenters. The van der Waals surface area contributed by atoms with Crippen LogP contribution in [0.25, 0.3) is 0 Å². The second-order valence-corrected chi connectivity index (χ2v) is 4.00. The van der Waals surface area contributed by atoms with Gasteiger partial charge in [0, 0.05) is 0 Å². The van der Waals surface area contributed by atoms with Gasteiger partial charge in [-0.15, -0.1) is 0 Å². The molecule has 0 aliphatic heterocycles. The molecule has 0 nitrogen and oxygen atoms in total. The molecule has 0 heteroatoms. The van der Waals surface area contributed by atoms with E-state index >= 15 is 0 Å². The Kier molecular flexibility index (Phi) is 45.1. The minimum absolute atomic E-state index is 0. The molecule has 0 saturated carbocycles. The molecule has 0 fully saturated rings. The molecular formula is C16H40. The first-order valence-electron chi connectivity index (χ1n) is 4.50. The number of rotatable bonds is 0. The highest BCUT2D eigenvalue weighted by molar-refractivity contribution is 5.02. The van der Waals surface area contributed by atoms with Crippen LogP contribution in [0.5, 0.6) is 0 Å². The lowest BCUT2D eigenvalue weighted by Gasteiger charge is -1.88. The summed E-state index contributed by atoms with van der Waals surface area (Å²) < 4.78 is 0. The molecule has 0 aromatic heterocycles. The van der Waals surface area contributed by atoms with Gasteiger partial charge in [0.2, 0.25) is 0 Å². The Hall–Kier alpha value is -0.520. The van der Waals surface area contributed by atoms with Crippen molar-refractivity contribution < 1.29 is 0 Å². The molecule has 104 valence electrons. The predicted octanol–water partition coefficient (Wildman–Crippen LogP) is 7.27. The van der Waals surface area contributed by atoms with E-state index in [2.05, 4.69) is 55.4 Å². The van der Waals surface area contributed by atoms with Gasteiger partial charge in [-0.1, -0.05) is 52.0 Å². The quantitative estimate of drug-likeness (QED) is 0.385. The van der Waals surface area contributed by atoms with Crippen LogP contribution in [0.4, 0.5) is 0 Å². The monoisotopic (exact) mass is 232 g/mol. The van der Waals surface area contributed by atoms with Crippen LogP contribution in [0, 0.1) is 0 Å². The van der Waals surface area contributed by atoms with Crippen molar-refractivity contribution in [3.05, 3.63) is 22.3 Å². The second-order valence-electron chi connectivity index (χ2n) is 4.00. The van der Waals surface area contributed by atoms with Crippen LogP contribution in [0.1, 0.15) is 85.1 Å². The third-order valence-corrected chi connectivity index (χ3v) is 2.00. The van der Waals surface area contributed by atoms with E-state index in [0.717, 1.165) is 0 Å². The minimum atomic E-state index is 0. The van der Waals surface area contributed by atoms with Gasteiger partial charge in [0.05, 0.1) is 0 Å². The van der Waals surface area contributed by atoms with E-state index in [9.17, 15) is 0 Å². The summed E-state index contributed by atoms with van der Waals surface area (Å²) in [6.45, 7) is 17.0. The molecule has 0 amide bonds. The Morgan fingerprint density at radius 3 is 0.375 bits per heavy atom. The van der Waals surface area contributed by atoms with Gasteiger partial charge < -0.3 is 0 Å². The fourth-order valence-corrected chi connectivity index (χ4v) is 0. The largest absolute Gasteiger partial charge is 0.0778 e. The molecule has 0 atom stereocenters. The van der Waals surface area contributed by atoms with Crippen molar-refractivity contribution in [2.24, 2.45) is 0 Å². The van der Waals surface area contributed by atoms with E-state index in [1.54, 1.807) is 0 Å². The number of hydrogen-bond acceptors (Lipinski definition) is 0. The zero-order chi connectivity index (χ0) is 10.3. The number of allylic oxidation sites excluding steroid dienone is 4. The summed E-state index contributed by atoms with van der Waals surface area (Å²) in [6, 6.07) is 0. The molecule has 0 aliphatic rings. The van der Waals surface area contributed by atoms with E-state index in [1.807, 2.05) is 0 Å². The van der Waals surface area contributed by atoms with Gasteiger partial charge in [0.1, 0.15) is 0 Å². The molecular weight excluding hydrogens is 192 g/mol. The maximum absolute atomic E-state index is 2.12. The fraction of sp³-hybridized carbons (Fsp3) is 0.750. The molecule has 0 N–H and O–H groups in total. The summed E-state index contributed by atoms with van der Waals surface area (Å²) in [6.07, 6.45) is 0. The minimum Gasteiger partial charge on any atom is -0.0778 e. The van der Waals surface area contributed by atoms with Crippen molar-refractivity contribution >= 4 is 0 Å². The van der Waals surface area contributed by atoms with Gasteiger partial charge in [0.15, 0.2) is 0 Å². The van der Waals surface area contributed by atoms with Gasteiger partial charge in [-0.2, -0.15) is 0 Å². The second kappa shape index (κ2) is 20.0. The lowest BCUT2D eigenvalue weighted by molar-refractivity contribution is 1.23. The standard InChI is InChI=1S/2C6H12.4CH4/c2*1-5(2)6(3)4;;;;/h2*1-4H3;4*1H4. The lowest BCUT2D eigenvalue weighted by atomic mass is 10.2. The highest BCUT2D eigenvalue weighted by Gasteiger charge is 1.75. The Morgan fingerprint density at radius 2 is 0.375 bits per heavy atom. The summed E-state index contributed by atoms with van der Waals surface area (Å²) in [7, 11) is 0. The average Bonchev–Trinajstić information content (AvgIpc) is 1.88. The summed E-state index contributed by atoms with van der Waals surface area (Å²) in [4.78, 5) is 0. The molecule has 0 heterocycles. The molecule has 0 radical (unpaired) electrons. The van der Waals surface area contributed by atoms with Crippen LogP contribution in [0.15, 0.2) is 22.3 Å². The lowest BCUT2D eigenvalue weighted by Crippen LogP contribution is -1.66.